The van der Waals surface area contributed by atoms with Crippen molar-refractivity contribution in [1.29, 1.82) is 0 Å². The number of methoxy groups -OCH3 is 1. The van der Waals surface area contributed by atoms with Gasteiger partial charge in [-0.2, -0.15) is 0 Å². The van der Waals surface area contributed by atoms with Gasteiger partial charge in [0.1, 0.15) is 17.8 Å². The summed E-state index contributed by atoms with van der Waals surface area (Å²) in [5, 5.41) is 0. The molecule has 2 aliphatic rings. The molecule has 0 N–H and O–H groups in total. The lowest BCUT2D eigenvalue weighted by molar-refractivity contribution is -0.185. The molecule has 1 fully saturated rings. The Morgan fingerprint density at radius 1 is 1.43 bits per heavy atom. The molecule has 0 aliphatic carbocycles. The van der Waals surface area contributed by atoms with Crippen molar-refractivity contribution in [3.63, 3.8) is 0 Å². The number of carbonyl (C=O) groups is 1. The maximum absolute atomic E-state index is 13.0. The summed E-state index contributed by atoms with van der Waals surface area (Å²) in [5.74, 6) is 0.966. The first-order valence-electron chi connectivity index (χ1n) is 7.25. The number of para-hydroxylation sites is 1. The van der Waals surface area contributed by atoms with Gasteiger partial charge >= 0.3 is 0 Å². The monoisotopic (exact) mass is 291 g/mol. The summed E-state index contributed by atoms with van der Waals surface area (Å²) in [6.45, 7) is 4.37. The number of nitrogens with zero attached hydrogens (tertiary/aromatic N) is 1. The molecule has 1 unspecified atom stereocenters. The van der Waals surface area contributed by atoms with E-state index in [2.05, 4.69) is 0 Å². The molecular formula is C16H21NO4. The number of hydrogen-bond donors (Lipinski definition) is 0. The van der Waals surface area contributed by atoms with E-state index in [1.54, 1.807) is 7.11 Å². The van der Waals surface area contributed by atoms with Crippen molar-refractivity contribution >= 4 is 5.91 Å². The van der Waals surface area contributed by atoms with Gasteiger partial charge in [0.05, 0.1) is 25.9 Å². The normalized spacial score (nSPS) is 23.5. The third kappa shape index (κ3) is 2.51. The number of ether oxygens (including phenoxy) is 3. The van der Waals surface area contributed by atoms with E-state index in [1.807, 2.05) is 36.1 Å². The molecule has 0 spiro atoms. The molecule has 1 aromatic rings. The van der Waals surface area contributed by atoms with Gasteiger partial charge in [-0.3, -0.25) is 4.79 Å². The molecule has 1 saturated heterocycles. The fourth-order valence-corrected chi connectivity index (χ4v) is 2.88. The molecule has 0 radical (unpaired) electrons. The second-order valence-corrected chi connectivity index (χ2v) is 5.91. The van der Waals surface area contributed by atoms with E-state index in [4.69, 9.17) is 14.2 Å². The fourth-order valence-electron chi connectivity index (χ4n) is 2.88. The summed E-state index contributed by atoms with van der Waals surface area (Å²) < 4.78 is 16.3. The molecule has 0 aromatic heterocycles. The van der Waals surface area contributed by atoms with Crippen LogP contribution in [-0.2, 0) is 20.8 Å². The van der Waals surface area contributed by atoms with Crippen LogP contribution in [0.15, 0.2) is 24.3 Å². The van der Waals surface area contributed by atoms with Gasteiger partial charge < -0.3 is 19.1 Å². The highest BCUT2D eigenvalue weighted by atomic mass is 16.5. The molecule has 0 bridgehead atoms. The topological polar surface area (TPSA) is 48.0 Å². The predicted octanol–water partition coefficient (Wildman–Crippen LogP) is 1.46. The SMILES string of the molecule is COCC1(C(=O)N2Cc3ccccc3OCC2C)COC1. The van der Waals surface area contributed by atoms with Gasteiger partial charge in [-0.25, -0.2) is 0 Å². The number of carbonyl (C=O) groups excluding carboxylic acids is 1. The van der Waals surface area contributed by atoms with E-state index in [9.17, 15) is 4.79 Å². The molecular weight excluding hydrogens is 270 g/mol. The van der Waals surface area contributed by atoms with Gasteiger partial charge in [-0.15, -0.1) is 0 Å². The van der Waals surface area contributed by atoms with E-state index in [-0.39, 0.29) is 11.9 Å². The Kier molecular flexibility index (Phi) is 3.87. The maximum Gasteiger partial charge on any atom is 0.236 e. The first kappa shape index (κ1) is 14.4. The zero-order valence-electron chi connectivity index (χ0n) is 12.5. The third-order valence-corrected chi connectivity index (χ3v) is 4.22. The zero-order chi connectivity index (χ0) is 14.9. The van der Waals surface area contributed by atoms with Crippen molar-refractivity contribution in [3.05, 3.63) is 29.8 Å². The Hall–Kier alpha value is -1.59. The standard InChI is InChI=1S/C16H21NO4/c1-12-8-21-14-6-4-3-5-13(14)7-17(12)15(18)16(9-19-2)10-20-11-16/h3-6,12H,7-11H2,1-2H3. The quantitative estimate of drug-likeness (QED) is 0.846. The lowest BCUT2D eigenvalue weighted by Gasteiger charge is -2.43. The molecule has 2 aliphatic heterocycles. The van der Waals surface area contributed by atoms with Crippen LogP contribution in [0.4, 0.5) is 0 Å². The lowest BCUT2D eigenvalue weighted by Crippen LogP contribution is -2.59. The molecule has 1 amide bonds. The first-order valence-corrected chi connectivity index (χ1v) is 7.25. The average molecular weight is 291 g/mol. The highest BCUT2D eigenvalue weighted by molar-refractivity contribution is 5.84. The van der Waals surface area contributed by atoms with Gasteiger partial charge in [0.25, 0.3) is 0 Å². The van der Waals surface area contributed by atoms with Crippen molar-refractivity contribution in [3.8, 4) is 5.75 Å². The van der Waals surface area contributed by atoms with Crippen LogP contribution < -0.4 is 4.74 Å². The van der Waals surface area contributed by atoms with Crippen molar-refractivity contribution in [2.24, 2.45) is 5.41 Å². The van der Waals surface area contributed by atoms with Crippen molar-refractivity contribution in [1.82, 2.24) is 4.90 Å². The highest BCUT2D eigenvalue weighted by Gasteiger charge is 2.49. The summed E-state index contributed by atoms with van der Waals surface area (Å²) in [6.07, 6.45) is 0. The van der Waals surface area contributed by atoms with Crippen LogP contribution in [0.1, 0.15) is 12.5 Å². The number of amides is 1. The molecule has 2 heterocycles. The minimum absolute atomic E-state index is 0.0271. The Morgan fingerprint density at radius 2 is 2.19 bits per heavy atom. The van der Waals surface area contributed by atoms with E-state index in [0.717, 1.165) is 11.3 Å². The third-order valence-electron chi connectivity index (χ3n) is 4.22. The van der Waals surface area contributed by atoms with Gasteiger partial charge in [-0.1, -0.05) is 18.2 Å². The average Bonchev–Trinajstić information content (AvgIpc) is 2.62. The minimum Gasteiger partial charge on any atom is -0.491 e. The van der Waals surface area contributed by atoms with Crippen molar-refractivity contribution in [2.45, 2.75) is 19.5 Å². The first-order chi connectivity index (χ1) is 10.2. The molecule has 1 aromatic carbocycles. The maximum atomic E-state index is 13.0. The molecule has 5 nitrogen and oxygen atoms in total. The van der Waals surface area contributed by atoms with E-state index in [1.165, 1.54) is 0 Å². The summed E-state index contributed by atoms with van der Waals surface area (Å²) in [4.78, 5) is 14.9. The predicted molar refractivity (Wildman–Crippen MR) is 77.1 cm³/mol. The van der Waals surface area contributed by atoms with Crippen LogP contribution in [0.5, 0.6) is 5.75 Å². The molecule has 0 saturated carbocycles. The Morgan fingerprint density at radius 3 is 2.86 bits per heavy atom. The number of hydrogen-bond acceptors (Lipinski definition) is 4. The Balaban J connectivity index is 1.85. The van der Waals surface area contributed by atoms with Crippen molar-refractivity contribution in [2.75, 3.05) is 33.5 Å². The second-order valence-electron chi connectivity index (χ2n) is 5.91. The summed E-state index contributed by atoms with van der Waals surface area (Å²) in [5.41, 5.74) is 0.519. The van der Waals surface area contributed by atoms with Gasteiger partial charge in [-0.05, 0) is 13.0 Å². The van der Waals surface area contributed by atoms with Crippen LogP contribution >= 0.6 is 0 Å². The van der Waals surface area contributed by atoms with Crippen LogP contribution in [0.25, 0.3) is 0 Å². The molecule has 1 atom stereocenters. The van der Waals surface area contributed by atoms with E-state index >= 15 is 0 Å². The zero-order valence-corrected chi connectivity index (χ0v) is 12.5. The van der Waals surface area contributed by atoms with Crippen LogP contribution in [0.2, 0.25) is 0 Å². The van der Waals surface area contributed by atoms with Gasteiger partial charge in [0, 0.05) is 19.2 Å². The summed E-state index contributed by atoms with van der Waals surface area (Å²) in [7, 11) is 1.62. The number of benzene rings is 1. The number of rotatable bonds is 3. The highest BCUT2D eigenvalue weighted by Crippen LogP contribution is 2.33. The minimum atomic E-state index is -0.526. The molecule has 5 heteroatoms. The van der Waals surface area contributed by atoms with Crippen molar-refractivity contribution < 1.29 is 19.0 Å². The summed E-state index contributed by atoms with van der Waals surface area (Å²) in [6, 6.07) is 7.91. The van der Waals surface area contributed by atoms with Crippen LogP contribution in [0.3, 0.4) is 0 Å². The second kappa shape index (κ2) is 5.66. The Bertz CT molecular complexity index is 527. The Labute approximate surface area is 124 Å². The van der Waals surface area contributed by atoms with Crippen LogP contribution in [-0.4, -0.2) is 50.4 Å². The largest absolute Gasteiger partial charge is 0.491 e. The van der Waals surface area contributed by atoms with Crippen LogP contribution in [0, 0.1) is 5.41 Å². The summed E-state index contributed by atoms with van der Waals surface area (Å²) >= 11 is 0. The fraction of sp³-hybridized carbons (Fsp3) is 0.562. The molecule has 21 heavy (non-hydrogen) atoms. The lowest BCUT2D eigenvalue weighted by atomic mass is 9.84. The smallest absolute Gasteiger partial charge is 0.236 e. The molecule has 3 rings (SSSR count). The van der Waals surface area contributed by atoms with Gasteiger partial charge in [0.2, 0.25) is 5.91 Å². The van der Waals surface area contributed by atoms with Gasteiger partial charge in [0.15, 0.2) is 0 Å². The van der Waals surface area contributed by atoms with E-state index < -0.39 is 5.41 Å². The molecule has 114 valence electrons. The number of fused-ring (bicyclic) bond motifs is 1. The van der Waals surface area contributed by atoms with E-state index in [0.29, 0.717) is 33.0 Å².